The molecule has 12 heteroatoms. The van der Waals surface area contributed by atoms with Gasteiger partial charge in [0.25, 0.3) is 5.91 Å². The highest BCUT2D eigenvalue weighted by Crippen LogP contribution is 2.42. The lowest BCUT2D eigenvalue weighted by atomic mass is 9.95. The first-order valence-corrected chi connectivity index (χ1v) is 11.7. The predicted molar refractivity (Wildman–Crippen MR) is 134 cm³/mol. The minimum Gasteiger partial charge on any atom is -0.480 e. The molecule has 0 aliphatic heterocycles. The van der Waals surface area contributed by atoms with Crippen molar-refractivity contribution in [1.29, 1.82) is 0 Å². The molecule has 4 aromatic rings. The van der Waals surface area contributed by atoms with Gasteiger partial charge < -0.3 is 10.4 Å². The van der Waals surface area contributed by atoms with Crippen LogP contribution in [0.5, 0.6) is 0 Å². The number of pyridine rings is 2. The number of hydrogen-bond donors (Lipinski definition) is 2. The maximum atomic E-state index is 13.8. The zero-order chi connectivity index (χ0) is 26.9. The molecule has 2 aromatic carbocycles. The van der Waals surface area contributed by atoms with Crippen molar-refractivity contribution in [3.8, 4) is 11.3 Å². The van der Waals surface area contributed by atoms with Crippen molar-refractivity contribution in [3.05, 3.63) is 92.7 Å². The van der Waals surface area contributed by atoms with E-state index in [1.165, 1.54) is 48.8 Å². The maximum Gasteiger partial charge on any atom is 0.419 e. The molecule has 0 saturated heterocycles. The van der Waals surface area contributed by atoms with Crippen LogP contribution in [0.15, 0.2) is 60.9 Å². The monoisotopic (exact) mass is 567 g/mol. The third kappa shape index (κ3) is 5.49. The molecule has 0 aliphatic carbocycles. The summed E-state index contributed by atoms with van der Waals surface area (Å²) in [5, 5.41) is 12.0. The lowest BCUT2D eigenvalue weighted by molar-refractivity contribution is -0.139. The van der Waals surface area contributed by atoms with Crippen LogP contribution in [0.25, 0.3) is 22.2 Å². The molecule has 0 radical (unpaired) electrons. The van der Waals surface area contributed by atoms with Crippen LogP contribution >= 0.6 is 34.8 Å². The van der Waals surface area contributed by atoms with Gasteiger partial charge in [0.15, 0.2) is 0 Å². The van der Waals surface area contributed by atoms with Crippen LogP contribution < -0.4 is 5.32 Å². The molecule has 6 nitrogen and oxygen atoms in total. The summed E-state index contributed by atoms with van der Waals surface area (Å²) in [7, 11) is 0. The van der Waals surface area contributed by atoms with Crippen molar-refractivity contribution in [1.82, 2.24) is 15.3 Å². The summed E-state index contributed by atoms with van der Waals surface area (Å²) in [5.74, 6) is -2.14. The van der Waals surface area contributed by atoms with Gasteiger partial charge in [0.05, 0.1) is 31.8 Å². The molecule has 4 rings (SSSR count). The molecule has 1 amide bonds. The van der Waals surface area contributed by atoms with Gasteiger partial charge in [-0.3, -0.25) is 14.8 Å². The number of hydrogen-bond acceptors (Lipinski definition) is 4. The summed E-state index contributed by atoms with van der Waals surface area (Å²) in [6.45, 7) is 0. The summed E-state index contributed by atoms with van der Waals surface area (Å²) in [6.07, 6.45) is -2.42. The number of aliphatic carboxylic acids is 1. The molecule has 1 unspecified atom stereocenters. The maximum absolute atomic E-state index is 13.8. The number of nitrogens with one attached hydrogen (secondary N) is 1. The summed E-state index contributed by atoms with van der Waals surface area (Å²) in [6, 6.07) is 9.94. The number of halogens is 6. The second kappa shape index (κ2) is 10.5. The largest absolute Gasteiger partial charge is 0.480 e. The first-order chi connectivity index (χ1) is 17.5. The van der Waals surface area contributed by atoms with Gasteiger partial charge in [0.1, 0.15) is 11.6 Å². The Balaban J connectivity index is 1.76. The molecule has 0 bridgehead atoms. The highest BCUT2D eigenvalue weighted by Gasteiger charge is 2.37. The molecule has 0 aliphatic rings. The zero-order valence-corrected chi connectivity index (χ0v) is 20.8. The van der Waals surface area contributed by atoms with E-state index < -0.39 is 34.7 Å². The van der Waals surface area contributed by atoms with Gasteiger partial charge in [0.2, 0.25) is 0 Å². The fourth-order valence-electron chi connectivity index (χ4n) is 3.88. The lowest BCUT2D eigenvalue weighted by Crippen LogP contribution is -2.42. The summed E-state index contributed by atoms with van der Waals surface area (Å²) in [4.78, 5) is 33.0. The molecule has 2 aromatic heterocycles. The lowest BCUT2D eigenvalue weighted by Gasteiger charge is -2.18. The van der Waals surface area contributed by atoms with Crippen LogP contribution in [0.4, 0.5) is 13.2 Å². The first-order valence-electron chi connectivity index (χ1n) is 10.6. The number of nitrogens with zero attached hydrogens (tertiary/aromatic N) is 2. The summed E-state index contributed by atoms with van der Waals surface area (Å²) >= 11 is 18.0. The van der Waals surface area contributed by atoms with Crippen molar-refractivity contribution in [2.75, 3.05) is 0 Å². The van der Waals surface area contributed by atoms with Crippen molar-refractivity contribution >= 4 is 57.6 Å². The van der Waals surface area contributed by atoms with E-state index in [9.17, 15) is 27.9 Å². The van der Waals surface area contributed by atoms with E-state index in [2.05, 4.69) is 15.3 Å². The summed E-state index contributed by atoms with van der Waals surface area (Å²) < 4.78 is 41.4. The molecular weight excluding hydrogens is 554 g/mol. The molecule has 2 heterocycles. The van der Waals surface area contributed by atoms with E-state index in [1.807, 2.05) is 0 Å². The highest BCUT2D eigenvalue weighted by atomic mass is 35.5. The average molecular weight is 569 g/mol. The second-order valence-electron chi connectivity index (χ2n) is 7.85. The quantitative estimate of drug-likeness (QED) is 0.270. The smallest absolute Gasteiger partial charge is 0.419 e. The van der Waals surface area contributed by atoms with Crippen molar-refractivity contribution in [3.63, 3.8) is 0 Å². The van der Waals surface area contributed by atoms with Gasteiger partial charge >= 0.3 is 12.1 Å². The zero-order valence-electron chi connectivity index (χ0n) is 18.5. The van der Waals surface area contributed by atoms with Gasteiger partial charge in [-0.15, -0.1) is 0 Å². The number of alkyl halides is 3. The molecular formula is C25H15Cl3F3N3O3. The molecule has 190 valence electrons. The Hall–Kier alpha value is -3.40. The van der Waals surface area contributed by atoms with Crippen LogP contribution in [0, 0.1) is 0 Å². The van der Waals surface area contributed by atoms with E-state index in [4.69, 9.17) is 34.8 Å². The minimum absolute atomic E-state index is 0.0418. The number of carbonyl (C=O) groups excluding carboxylic acids is 1. The average Bonchev–Trinajstić information content (AvgIpc) is 2.82. The number of benzene rings is 2. The fraction of sp³-hybridized carbons (Fsp3) is 0.120. The van der Waals surface area contributed by atoms with E-state index >= 15 is 0 Å². The second-order valence-corrected chi connectivity index (χ2v) is 9.07. The Morgan fingerprint density at radius 2 is 1.62 bits per heavy atom. The number of amides is 1. The number of carboxylic acid groups (broad SMARTS) is 1. The summed E-state index contributed by atoms with van der Waals surface area (Å²) in [5.41, 5.74) is -0.843. The molecule has 0 saturated carbocycles. The molecule has 0 fully saturated rings. The van der Waals surface area contributed by atoms with Crippen LogP contribution in [0.2, 0.25) is 15.1 Å². The first kappa shape index (κ1) is 26.7. The van der Waals surface area contributed by atoms with E-state index in [1.54, 1.807) is 6.07 Å². The Kier molecular flexibility index (Phi) is 7.59. The minimum atomic E-state index is -4.77. The highest BCUT2D eigenvalue weighted by molar-refractivity contribution is 6.39. The van der Waals surface area contributed by atoms with Gasteiger partial charge in [-0.25, -0.2) is 4.79 Å². The molecule has 0 spiro atoms. The SMILES string of the molecule is O=C(NC(Cc1ccc(-c2nccc(Cl)c2C(F)(F)F)c2cccnc12)C(=O)O)c1c(Cl)cccc1Cl. The fourth-order valence-corrected chi connectivity index (χ4v) is 4.70. The van der Waals surface area contributed by atoms with Crippen LogP contribution in [0.3, 0.4) is 0 Å². The van der Waals surface area contributed by atoms with E-state index in [0.717, 1.165) is 6.07 Å². The normalized spacial score (nSPS) is 12.4. The van der Waals surface area contributed by atoms with E-state index in [-0.39, 0.29) is 38.8 Å². The Labute approximate surface area is 223 Å². The van der Waals surface area contributed by atoms with Crippen LogP contribution in [-0.2, 0) is 17.4 Å². The van der Waals surface area contributed by atoms with Gasteiger partial charge in [-0.1, -0.05) is 59.1 Å². The van der Waals surface area contributed by atoms with Crippen LogP contribution in [0.1, 0.15) is 21.5 Å². The molecule has 1 atom stereocenters. The van der Waals surface area contributed by atoms with Crippen molar-refractivity contribution in [2.24, 2.45) is 0 Å². The molecule has 37 heavy (non-hydrogen) atoms. The van der Waals surface area contributed by atoms with Gasteiger partial charge in [0, 0.05) is 29.8 Å². The standard InChI is InChI=1S/C25H15Cl3F3N3O3/c26-15-4-1-5-16(27)19(15)23(35)34-18(24(36)37)11-12-6-7-14(13-3-2-9-32-21(12)13)22-20(25(29,30)31)17(28)8-10-33-22/h1-10,18H,11H2,(H,34,35)(H,36,37). The predicted octanol–water partition coefficient (Wildman–Crippen LogP) is 6.70. The topological polar surface area (TPSA) is 92.2 Å². The number of carboxylic acids is 1. The number of carbonyl (C=O) groups is 2. The Morgan fingerprint density at radius 3 is 2.27 bits per heavy atom. The third-order valence-electron chi connectivity index (χ3n) is 5.51. The number of rotatable bonds is 6. The number of aromatic nitrogens is 2. The van der Waals surface area contributed by atoms with Crippen molar-refractivity contribution in [2.45, 2.75) is 18.6 Å². The van der Waals surface area contributed by atoms with E-state index in [0.29, 0.717) is 10.9 Å². The number of fused-ring (bicyclic) bond motifs is 1. The van der Waals surface area contributed by atoms with Crippen molar-refractivity contribution < 1.29 is 27.9 Å². The van der Waals surface area contributed by atoms with Gasteiger partial charge in [-0.2, -0.15) is 13.2 Å². The van der Waals surface area contributed by atoms with Gasteiger partial charge in [-0.05, 0) is 29.8 Å². The third-order valence-corrected chi connectivity index (χ3v) is 6.45. The van der Waals surface area contributed by atoms with Crippen LogP contribution in [-0.4, -0.2) is 33.0 Å². The Bertz CT molecular complexity index is 1510. The molecule has 2 N–H and O–H groups in total. The Morgan fingerprint density at radius 1 is 0.919 bits per heavy atom.